The minimum Gasteiger partial charge on any atom is -0.395 e. The molecular formula is C10H20O4. The van der Waals surface area contributed by atoms with Gasteiger partial charge in [-0.25, -0.2) is 0 Å². The van der Waals surface area contributed by atoms with Gasteiger partial charge in [-0.3, -0.25) is 0 Å². The summed E-state index contributed by atoms with van der Waals surface area (Å²) in [5.41, 5.74) is -0.542. The largest absolute Gasteiger partial charge is 0.395 e. The van der Waals surface area contributed by atoms with Crippen LogP contribution in [0.25, 0.3) is 0 Å². The fraction of sp³-hybridized carbons (Fsp3) is 0.700. The molecule has 0 amide bonds. The summed E-state index contributed by atoms with van der Waals surface area (Å²) in [4.78, 5) is 27.4. The third kappa shape index (κ3) is 22.4. The zero-order chi connectivity index (χ0) is 12.2. The van der Waals surface area contributed by atoms with Gasteiger partial charge in [-0.2, -0.15) is 0 Å². The van der Waals surface area contributed by atoms with Crippen LogP contribution in [0, 0.1) is 11.3 Å². The first kappa shape index (κ1) is 18.7. The molecule has 0 aromatic heterocycles. The van der Waals surface area contributed by atoms with E-state index in [4.69, 9.17) is 9.90 Å². The maximum absolute atomic E-state index is 9.90. The highest BCUT2D eigenvalue weighted by molar-refractivity contribution is 5.57. The Morgan fingerprint density at radius 1 is 1.29 bits per heavy atom. The average Bonchev–Trinajstić information content (AvgIpc) is 2.21. The minimum absolute atomic E-state index is 0.0729. The highest BCUT2D eigenvalue weighted by Crippen LogP contribution is 2.06. The van der Waals surface area contributed by atoms with Crippen LogP contribution in [-0.4, -0.2) is 31.1 Å². The number of hydrogen-bond donors (Lipinski definition) is 1. The quantitative estimate of drug-likeness (QED) is 0.692. The maximum Gasteiger partial charge on any atom is 0.127 e. The van der Waals surface area contributed by atoms with Crippen LogP contribution in [0.15, 0.2) is 0 Å². The van der Waals surface area contributed by atoms with Gasteiger partial charge in [0.1, 0.15) is 19.4 Å². The number of hydrogen-bond acceptors (Lipinski definition) is 4. The predicted octanol–water partition coefficient (Wildman–Crippen LogP) is 0.860. The molecule has 0 saturated heterocycles. The van der Waals surface area contributed by atoms with Crippen molar-refractivity contribution in [3.05, 3.63) is 0 Å². The fourth-order valence-corrected chi connectivity index (χ4v) is 0.0373. The lowest BCUT2D eigenvalue weighted by atomic mass is 9.98. The van der Waals surface area contributed by atoms with Crippen molar-refractivity contribution in [1.82, 2.24) is 0 Å². The van der Waals surface area contributed by atoms with Crippen LogP contribution < -0.4 is 0 Å². The molecule has 4 nitrogen and oxygen atoms in total. The summed E-state index contributed by atoms with van der Waals surface area (Å²) in [5.74, 6) is 0.204. The van der Waals surface area contributed by atoms with Crippen LogP contribution >= 0.6 is 0 Å². The van der Waals surface area contributed by atoms with E-state index in [0.717, 1.165) is 12.6 Å². The second-order valence-corrected chi connectivity index (χ2v) is 3.64. The molecule has 0 atom stereocenters. The molecule has 0 aliphatic carbocycles. The van der Waals surface area contributed by atoms with Gasteiger partial charge in [0, 0.05) is 11.3 Å². The molecule has 0 heterocycles. The van der Waals surface area contributed by atoms with Gasteiger partial charge in [0.05, 0.1) is 6.61 Å². The summed E-state index contributed by atoms with van der Waals surface area (Å²) in [6, 6.07) is 0. The van der Waals surface area contributed by atoms with Gasteiger partial charge in [-0.05, 0) is 0 Å². The molecule has 4 heteroatoms. The van der Waals surface area contributed by atoms with Crippen LogP contribution in [-0.2, 0) is 14.4 Å². The number of carbonyl (C=O) groups excluding carboxylic acids is 3. The standard InChI is InChI=1S/C5H10O2.C4H8O.CH2O/c1-5(2,3-6)4-7;1-4(2)3-5;1-2/h3,7H,4H2,1-2H3;3-4H,1-2H3;1H2. The third-order valence-electron chi connectivity index (χ3n) is 0.999. The van der Waals surface area contributed by atoms with E-state index in [1.807, 2.05) is 20.6 Å². The minimum atomic E-state index is -0.542. The lowest BCUT2D eigenvalue weighted by Crippen LogP contribution is -2.17. The number of aliphatic hydroxyl groups is 1. The van der Waals surface area contributed by atoms with Crippen molar-refractivity contribution >= 4 is 19.4 Å². The second-order valence-electron chi connectivity index (χ2n) is 3.64. The normalized spacial score (nSPS) is 9.00. The van der Waals surface area contributed by atoms with Crippen LogP contribution in [0.3, 0.4) is 0 Å². The molecule has 0 aromatic rings. The molecule has 0 rings (SSSR count). The first-order valence-electron chi connectivity index (χ1n) is 4.21. The summed E-state index contributed by atoms with van der Waals surface area (Å²) in [6.45, 7) is 9.00. The smallest absolute Gasteiger partial charge is 0.127 e. The van der Waals surface area contributed by atoms with Gasteiger partial charge >= 0.3 is 0 Å². The Labute approximate surface area is 85.3 Å². The first-order chi connectivity index (χ1) is 6.39. The Kier molecular flexibility index (Phi) is 16.0. The number of aldehydes is 2. The Balaban J connectivity index is -0.000000152. The van der Waals surface area contributed by atoms with Crippen molar-refractivity contribution in [3.8, 4) is 0 Å². The molecule has 0 saturated carbocycles. The fourth-order valence-electron chi connectivity index (χ4n) is 0.0373. The SMILES string of the molecule is C=O.CC(C)(C=O)CO.CC(C)C=O. The van der Waals surface area contributed by atoms with E-state index in [1.54, 1.807) is 13.8 Å². The van der Waals surface area contributed by atoms with Crippen LogP contribution in [0.2, 0.25) is 0 Å². The molecule has 0 spiro atoms. The van der Waals surface area contributed by atoms with Gasteiger partial charge in [-0.1, -0.05) is 27.7 Å². The zero-order valence-electron chi connectivity index (χ0n) is 9.32. The number of rotatable bonds is 3. The van der Waals surface area contributed by atoms with E-state index >= 15 is 0 Å². The lowest BCUT2D eigenvalue weighted by Gasteiger charge is -2.09. The van der Waals surface area contributed by atoms with Crippen molar-refractivity contribution in [3.63, 3.8) is 0 Å². The monoisotopic (exact) mass is 204 g/mol. The van der Waals surface area contributed by atoms with Crippen LogP contribution in [0.5, 0.6) is 0 Å². The summed E-state index contributed by atoms with van der Waals surface area (Å²) in [7, 11) is 0. The molecule has 0 aliphatic rings. The van der Waals surface area contributed by atoms with E-state index in [2.05, 4.69) is 0 Å². The van der Waals surface area contributed by atoms with Crippen molar-refractivity contribution in [1.29, 1.82) is 0 Å². The van der Waals surface area contributed by atoms with Gasteiger partial charge in [0.15, 0.2) is 0 Å². The summed E-state index contributed by atoms with van der Waals surface area (Å²) in [6.07, 6.45) is 1.66. The topological polar surface area (TPSA) is 71.4 Å². The molecule has 0 aromatic carbocycles. The van der Waals surface area contributed by atoms with E-state index < -0.39 is 5.41 Å². The second kappa shape index (κ2) is 12.0. The van der Waals surface area contributed by atoms with Crippen molar-refractivity contribution in [2.75, 3.05) is 6.61 Å². The zero-order valence-corrected chi connectivity index (χ0v) is 9.32. The van der Waals surface area contributed by atoms with E-state index in [1.165, 1.54) is 0 Å². The Bertz CT molecular complexity index is 141. The predicted molar refractivity (Wildman–Crippen MR) is 55.0 cm³/mol. The van der Waals surface area contributed by atoms with Gasteiger partial charge in [0.25, 0.3) is 0 Å². The molecule has 0 bridgehead atoms. The molecule has 0 unspecified atom stereocenters. The van der Waals surface area contributed by atoms with E-state index in [0.29, 0.717) is 0 Å². The molecule has 0 radical (unpaired) electrons. The highest BCUT2D eigenvalue weighted by Gasteiger charge is 2.12. The molecule has 0 aliphatic heterocycles. The first-order valence-corrected chi connectivity index (χ1v) is 4.21. The van der Waals surface area contributed by atoms with Crippen LogP contribution in [0.1, 0.15) is 27.7 Å². The summed E-state index contributed by atoms with van der Waals surface area (Å²) < 4.78 is 0. The molecule has 14 heavy (non-hydrogen) atoms. The Morgan fingerprint density at radius 3 is 1.57 bits per heavy atom. The number of aliphatic hydroxyl groups excluding tert-OH is 1. The van der Waals surface area contributed by atoms with Crippen molar-refractivity contribution < 1.29 is 19.5 Å². The molecule has 0 fully saturated rings. The van der Waals surface area contributed by atoms with Crippen molar-refractivity contribution in [2.24, 2.45) is 11.3 Å². The van der Waals surface area contributed by atoms with Crippen molar-refractivity contribution in [2.45, 2.75) is 27.7 Å². The van der Waals surface area contributed by atoms with Gasteiger partial charge in [0.2, 0.25) is 0 Å². The lowest BCUT2D eigenvalue weighted by molar-refractivity contribution is -0.116. The Hall–Kier alpha value is -1.03. The van der Waals surface area contributed by atoms with Gasteiger partial charge in [-0.15, -0.1) is 0 Å². The van der Waals surface area contributed by atoms with E-state index in [-0.39, 0.29) is 12.5 Å². The molecule has 1 N–H and O–H groups in total. The van der Waals surface area contributed by atoms with Gasteiger partial charge < -0.3 is 19.5 Å². The molecule has 84 valence electrons. The third-order valence-corrected chi connectivity index (χ3v) is 0.999. The van der Waals surface area contributed by atoms with E-state index in [9.17, 15) is 9.59 Å². The maximum atomic E-state index is 9.90. The molecular weight excluding hydrogens is 184 g/mol. The summed E-state index contributed by atoms with van der Waals surface area (Å²) in [5, 5.41) is 8.36. The summed E-state index contributed by atoms with van der Waals surface area (Å²) >= 11 is 0. The van der Waals surface area contributed by atoms with Crippen LogP contribution in [0.4, 0.5) is 0 Å². The number of carbonyl (C=O) groups is 3. The Morgan fingerprint density at radius 2 is 1.57 bits per heavy atom. The average molecular weight is 204 g/mol. The highest BCUT2D eigenvalue weighted by atomic mass is 16.3.